The fraction of sp³-hybridized carbons (Fsp3) is 0.333. The fourth-order valence-electron chi connectivity index (χ4n) is 2.83. The second-order valence-corrected chi connectivity index (χ2v) is 6.94. The van der Waals surface area contributed by atoms with E-state index in [9.17, 15) is 4.79 Å². The monoisotopic (exact) mass is 378 g/mol. The van der Waals surface area contributed by atoms with Crippen LogP contribution in [0.2, 0.25) is 0 Å². The molecule has 28 heavy (non-hydrogen) atoms. The van der Waals surface area contributed by atoms with Gasteiger partial charge in [-0.25, -0.2) is 9.67 Å². The molecule has 1 atom stereocenters. The van der Waals surface area contributed by atoms with Crippen molar-refractivity contribution in [3.05, 3.63) is 65.2 Å². The molecule has 0 saturated heterocycles. The largest absolute Gasteiger partial charge is 0.365 e. The van der Waals surface area contributed by atoms with Gasteiger partial charge in [-0.1, -0.05) is 19.1 Å². The van der Waals surface area contributed by atoms with Gasteiger partial charge in [-0.2, -0.15) is 5.10 Å². The molecule has 3 rings (SSSR count). The first-order valence-electron chi connectivity index (χ1n) is 9.45. The molecule has 0 saturated carbocycles. The van der Waals surface area contributed by atoms with E-state index in [0.717, 1.165) is 23.4 Å². The number of carbonyl (C=O) groups excluding carboxylic acids is 1. The molecule has 3 aromatic rings. The number of hydrogen-bond donors (Lipinski definition) is 2. The molecular formula is C21H26N6O. The second-order valence-electron chi connectivity index (χ2n) is 6.94. The van der Waals surface area contributed by atoms with Gasteiger partial charge in [0.25, 0.3) is 5.91 Å². The third-order valence-corrected chi connectivity index (χ3v) is 4.50. The number of nitrogens with zero attached hydrogens (tertiary/aromatic N) is 4. The standard InChI is InChI=1S/C21H26N6O/c1-5-14(2)24-21(28)18-8-6-7-17(10-18)11-23-19-12-22-13-20(25-19)27-16(4)9-15(3)26-27/h6-10,12-14H,5,11H2,1-4H3,(H,23,25)(H,24,28). The molecule has 146 valence electrons. The molecule has 7 nitrogen and oxygen atoms in total. The van der Waals surface area contributed by atoms with E-state index in [-0.39, 0.29) is 11.9 Å². The highest BCUT2D eigenvalue weighted by molar-refractivity contribution is 5.94. The van der Waals surface area contributed by atoms with Gasteiger partial charge in [0.2, 0.25) is 0 Å². The first-order chi connectivity index (χ1) is 13.5. The minimum Gasteiger partial charge on any atom is -0.365 e. The Kier molecular flexibility index (Phi) is 6.03. The number of carbonyl (C=O) groups is 1. The summed E-state index contributed by atoms with van der Waals surface area (Å²) >= 11 is 0. The van der Waals surface area contributed by atoms with Gasteiger partial charge in [-0.3, -0.25) is 9.78 Å². The van der Waals surface area contributed by atoms with Gasteiger partial charge in [0.1, 0.15) is 5.82 Å². The van der Waals surface area contributed by atoms with Gasteiger partial charge < -0.3 is 10.6 Å². The molecule has 2 N–H and O–H groups in total. The first-order valence-corrected chi connectivity index (χ1v) is 9.45. The fourth-order valence-corrected chi connectivity index (χ4v) is 2.83. The molecule has 1 aromatic carbocycles. The lowest BCUT2D eigenvalue weighted by Gasteiger charge is -2.12. The summed E-state index contributed by atoms with van der Waals surface area (Å²) in [4.78, 5) is 21.2. The van der Waals surface area contributed by atoms with Crippen molar-refractivity contribution in [1.82, 2.24) is 25.1 Å². The predicted octanol–water partition coefficient (Wildman–Crippen LogP) is 3.42. The molecule has 2 aromatic heterocycles. The Balaban J connectivity index is 1.69. The number of nitrogens with one attached hydrogen (secondary N) is 2. The lowest BCUT2D eigenvalue weighted by Crippen LogP contribution is -2.31. The topological polar surface area (TPSA) is 84.7 Å². The van der Waals surface area contributed by atoms with Crippen LogP contribution in [0.5, 0.6) is 0 Å². The molecule has 0 aliphatic carbocycles. The zero-order chi connectivity index (χ0) is 20.1. The number of aromatic nitrogens is 4. The number of hydrogen-bond acceptors (Lipinski definition) is 5. The van der Waals surface area contributed by atoms with Crippen molar-refractivity contribution in [2.75, 3.05) is 5.32 Å². The van der Waals surface area contributed by atoms with E-state index in [1.54, 1.807) is 17.1 Å². The van der Waals surface area contributed by atoms with Crippen molar-refractivity contribution < 1.29 is 4.79 Å². The number of rotatable bonds is 7. The Morgan fingerprint density at radius 3 is 2.75 bits per heavy atom. The Morgan fingerprint density at radius 2 is 2.04 bits per heavy atom. The molecule has 0 radical (unpaired) electrons. The summed E-state index contributed by atoms with van der Waals surface area (Å²) in [6, 6.07) is 9.73. The SMILES string of the molecule is CCC(C)NC(=O)c1cccc(CNc2cncc(-n3nc(C)cc3C)n2)c1. The maximum absolute atomic E-state index is 12.3. The average Bonchev–Trinajstić information content (AvgIpc) is 3.04. The predicted molar refractivity (Wildman–Crippen MR) is 110 cm³/mol. The van der Waals surface area contributed by atoms with Crippen LogP contribution in [-0.4, -0.2) is 31.7 Å². The summed E-state index contributed by atoms with van der Waals surface area (Å²) < 4.78 is 1.77. The van der Waals surface area contributed by atoms with E-state index < -0.39 is 0 Å². The Morgan fingerprint density at radius 1 is 1.21 bits per heavy atom. The molecular weight excluding hydrogens is 352 g/mol. The summed E-state index contributed by atoms with van der Waals surface area (Å²) in [6.07, 6.45) is 4.26. The van der Waals surface area contributed by atoms with Gasteiger partial charge in [0, 0.05) is 23.8 Å². The molecule has 0 bridgehead atoms. The van der Waals surface area contributed by atoms with Crippen molar-refractivity contribution >= 4 is 11.7 Å². The van der Waals surface area contributed by atoms with Gasteiger partial charge >= 0.3 is 0 Å². The van der Waals surface area contributed by atoms with Crippen LogP contribution in [0.1, 0.15) is 47.6 Å². The highest BCUT2D eigenvalue weighted by atomic mass is 16.1. The molecule has 7 heteroatoms. The van der Waals surface area contributed by atoms with Gasteiger partial charge in [0.15, 0.2) is 5.82 Å². The van der Waals surface area contributed by atoms with Gasteiger partial charge in [-0.15, -0.1) is 0 Å². The number of aryl methyl sites for hydroxylation is 2. The molecule has 0 fully saturated rings. The van der Waals surface area contributed by atoms with E-state index in [4.69, 9.17) is 0 Å². The van der Waals surface area contributed by atoms with E-state index in [1.165, 1.54) is 0 Å². The van der Waals surface area contributed by atoms with Crippen LogP contribution < -0.4 is 10.6 Å². The minimum absolute atomic E-state index is 0.0532. The average molecular weight is 378 g/mol. The Hall–Kier alpha value is -3.22. The van der Waals surface area contributed by atoms with Crippen LogP contribution in [-0.2, 0) is 6.54 Å². The normalized spacial score (nSPS) is 11.9. The molecule has 1 unspecified atom stereocenters. The van der Waals surface area contributed by atoms with E-state index in [2.05, 4.69) is 25.7 Å². The van der Waals surface area contributed by atoms with Gasteiger partial charge in [0.05, 0.1) is 18.1 Å². The molecule has 1 amide bonds. The number of benzene rings is 1. The lowest BCUT2D eigenvalue weighted by molar-refractivity contribution is 0.0939. The van der Waals surface area contributed by atoms with Crippen LogP contribution in [0.25, 0.3) is 5.82 Å². The van der Waals surface area contributed by atoms with E-state index in [1.807, 2.05) is 58.0 Å². The van der Waals surface area contributed by atoms with E-state index >= 15 is 0 Å². The van der Waals surface area contributed by atoms with E-state index in [0.29, 0.717) is 23.7 Å². The van der Waals surface area contributed by atoms with Crippen molar-refractivity contribution in [2.24, 2.45) is 0 Å². The van der Waals surface area contributed by atoms with Crippen molar-refractivity contribution in [3.63, 3.8) is 0 Å². The summed E-state index contributed by atoms with van der Waals surface area (Å²) in [6.45, 7) is 8.52. The molecule has 0 aliphatic rings. The maximum atomic E-state index is 12.3. The summed E-state index contributed by atoms with van der Waals surface area (Å²) in [5, 5.41) is 10.7. The maximum Gasteiger partial charge on any atom is 0.251 e. The lowest BCUT2D eigenvalue weighted by atomic mass is 10.1. The highest BCUT2D eigenvalue weighted by Crippen LogP contribution is 2.13. The van der Waals surface area contributed by atoms with Crippen LogP contribution in [0, 0.1) is 13.8 Å². The Bertz CT molecular complexity index is 965. The third-order valence-electron chi connectivity index (χ3n) is 4.50. The Labute approximate surface area is 165 Å². The summed E-state index contributed by atoms with van der Waals surface area (Å²) in [5.41, 5.74) is 3.59. The zero-order valence-electron chi connectivity index (χ0n) is 16.7. The van der Waals surface area contributed by atoms with Crippen LogP contribution in [0.3, 0.4) is 0 Å². The quantitative estimate of drug-likeness (QED) is 0.658. The summed E-state index contributed by atoms with van der Waals surface area (Å²) in [5.74, 6) is 1.26. The van der Waals surface area contributed by atoms with Crippen molar-refractivity contribution in [1.29, 1.82) is 0 Å². The zero-order valence-corrected chi connectivity index (χ0v) is 16.7. The minimum atomic E-state index is -0.0532. The van der Waals surface area contributed by atoms with Crippen LogP contribution in [0.15, 0.2) is 42.7 Å². The number of anilines is 1. The second kappa shape index (κ2) is 8.65. The molecule has 0 spiro atoms. The van der Waals surface area contributed by atoms with Crippen LogP contribution >= 0.6 is 0 Å². The van der Waals surface area contributed by atoms with Crippen LogP contribution in [0.4, 0.5) is 5.82 Å². The highest BCUT2D eigenvalue weighted by Gasteiger charge is 2.10. The first kappa shape index (κ1) is 19.5. The molecule has 2 heterocycles. The van der Waals surface area contributed by atoms with Gasteiger partial charge in [-0.05, 0) is 51.0 Å². The molecule has 0 aliphatic heterocycles. The third kappa shape index (κ3) is 4.73. The summed E-state index contributed by atoms with van der Waals surface area (Å²) in [7, 11) is 0. The van der Waals surface area contributed by atoms with Crippen molar-refractivity contribution in [3.8, 4) is 5.82 Å². The smallest absolute Gasteiger partial charge is 0.251 e. The van der Waals surface area contributed by atoms with Crippen molar-refractivity contribution in [2.45, 2.75) is 46.7 Å². The number of amides is 1.